The summed E-state index contributed by atoms with van der Waals surface area (Å²) in [7, 11) is 2.64. The molecule has 2 amide bonds. The van der Waals surface area contributed by atoms with Gasteiger partial charge < -0.3 is 9.47 Å². The quantitative estimate of drug-likeness (QED) is 0.626. The maximum Gasteiger partial charge on any atom is 0.355 e. The van der Waals surface area contributed by atoms with Gasteiger partial charge in [0.25, 0.3) is 5.91 Å². The van der Waals surface area contributed by atoms with Crippen molar-refractivity contribution < 1.29 is 23.9 Å². The number of hydrazone groups is 1. The van der Waals surface area contributed by atoms with Crippen LogP contribution in [0.5, 0.6) is 5.75 Å². The smallest absolute Gasteiger partial charge is 0.355 e. The van der Waals surface area contributed by atoms with Gasteiger partial charge in [-0.05, 0) is 19.1 Å². The molecule has 2 aliphatic heterocycles. The third-order valence-corrected chi connectivity index (χ3v) is 4.09. The second-order valence-corrected chi connectivity index (χ2v) is 5.39. The van der Waals surface area contributed by atoms with Gasteiger partial charge in [0.05, 0.1) is 19.9 Å². The summed E-state index contributed by atoms with van der Waals surface area (Å²) in [6.07, 6.45) is 0. The molecule has 0 aliphatic carbocycles. The molecule has 120 valence electrons. The normalized spacial score (nSPS) is 25.8. The lowest BCUT2D eigenvalue weighted by molar-refractivity contribution is -0.133. The molecular formula is C15H15N3O5. The average molecular weight is 317 g/mol. The number of methoxy groups -OCH3 is 2. The molecule has 1 fully saturated rings. The van der Waals surface area contributed by atoms with Crippen molar-refractivity contribution in [2.45, 2.75) is 12.5 Å². The Morgan fingerprint density at radius 3 is 2.65 bits per heavy atom. The fraction of sp³-hybridized carbons (Fsp3) is 0.333. The van der Waals surface area contributed by atoms with E-state index >= 15 is 0 Å². The van der Waals surface area contributed by atoms with E-state index in [1.807, 2.05) is 0 Å². The number of carbonyl (C=O) groups excluding carboxylic acids is 3. The number of hydrogen-bond acceptors (Lipinski definition) is 7. The van der Waals surface area contributed by atoms with Crippen LogP contribution in [0.1, 0.15) is 6.92 Å². The van der Waals surface area contributed by atoms with Crippen LogP contribution in [0, 0.1) is 5.92 Å². The van der Waals surface area contributed by atoms with Crippen LogP contribution in [0.15, 0.2) is 29.4 Å². The zero-order valence-corrected chi connectivity index (χ0v) is 12.8. The second-order valence-electron chi connectivity index (χ2n) is 5.39. The maximum atomic E-state index is 12.8. The van der Waals surface area contributed by atoms with E-state index in [1.165, 1.54) is 21.1 Å². The molecule has 0 unspecified atom stereocenters. The number of benzene rings is 1. The highest BCUT2D eigenvalue weighted by Gasteiger charge is 2.64. The SMILES string of the molecule is COC(=O)C1=NN[C@@]2(C)C(=O)N(c3ccccc3OC)C(=O)[C@@H]12. The number of para-hydroxylation sites is 2. The van der Waals surface area contributed by atoms with Gasteiger partial charge in [-0.1, -0.05) is 12.1 Å². The Labute approximate surface area is 132 Å². The first-order valence-electron chi connectivity index (χ1n) is 6.90. The summed E-state index contributed by atoms with van der Waals surface area (Å²) in [5, 5.41) is 3.83. The Kier molecular flexibility index (Phi) is 3.32. The number of imide groups is 1. The number of esters is 1. The van der Waals surface area contributed by atoms with E-state index in [2.05, 4.69) is 15.3 Å². The van der Waals surface area contributed by atoms with Gasteiger partial charge in [-0.3, -0.25) is 15.0 Å². The van der Waals surface area contributed by atoms with Crippen LogP contribution < -0.4 is 15.1 Å². The van der Waals surface area contributed by atoms with Gasteiger partial charge in [-0.2, -0.15) is 5.10 Å². The van der Waals surface area contributed by atoms with Crippen LogP contribution in [-0.4, -0.2) is 43.3 Å². The zero-order valence-electron chi connectivity index (χ0n) is 12.8. The second kappa shape index (κ2) is 5.08. The van der Waals surface area contributed by atoms with Crippen molar-refractivity contribution in [2.75, 3.05) is 19.1 Å². The maximum absolute atomic E-state index is 12.8. The fourth-order valence-corrected chi connectivity index (χ4v) is 2.89. The molecule has 0 radical (unpaired) electrons. The van der Waals surface area contributed by atoms with E-state index in [1.54, 1.807) is 24.3 Å². The molecule has 0 spiro atoms. The molecule has 23 heavy (non-hydrogen) atoms. The number of rotatable bonds is 3. The van der Waals surface area contributed by atoms with Crippen molar-refractivity contribution in [1.29, 1.82) is 0 Å². The Morgan fingerprint density at radius 1 is 1.30 bits per heavy atom. The Hall–Kier alpha value is -2.90. The molecule has 8 nitrogen and oxygen atoms in total. The summed E-state index contributed by atoms with van der Waals surface area (Å²) in [6, 6.07) is 6.68. The third kappa shape index (κ3) is 1.91. The highest BCUT2D eigenvalue weighted by molar-refractivity contribution is 6.47. The van der Waals surface area contributed by atoms with E-state index < -0.39 is 29.2 Å². The van der Waals surface area contributed by atoms with Crippen LogP contribution in [0.2, 0.25) is 0 Å². The monoisotopic (exact) mass is 317 g/mol. The summed E-state index contributed by atoms with van der Waals surface area (Å²) in [4.78, 5) is 38.5. The minimum atomic E-state index is -1.32. The van der Waals surface area contributed by atoms with Gasteiger partial charge in [-0.15, -0.1) is 0 Å². The van der Waals surface area contributed by atoms with Crippen LogP contribution in [0.4, 0.5) is 5.69 Å². The van der Waals surface area contributed by atoms with Gasteiger partial charge in [0.15, 0.2) is 5.71 Å². The molecule has 8 heteroatoms. The molecular weight excluding hydrogens is 302 g/mol. The zero-order chi connectivity index (χ0) is 16.8. The summed E-state index contributed by atoms with van der Waals surface area (Å²) in [6.45, 7) is 1.53. The van der Waals surface area contributed by atoms with Crippen LogP contribution >= 0.6 is 0 Å². The first kappa shape index (κ1) is 15.0. The fourth-order valence-electron chi connectivity index (χ4n) is 2.89. The molecule has 0 saturated carbocycles. The number of fused-ring (bicyclic) bond motifs is 1. The lowest BCUT2D eigenvalue weighted by Gasteiger charge is -2.21. The van der Waals surface area contributed by atoms with E-state index in [0.717, 1.165) is 4.90 Å². The lowest BCUT2D eigenvalue weighted by Crippen LogP contribution is -2.48. The number of hydrogen-bond donors (Lipinski definition) is 1. The van der Waals surface area contributed by atoms with Gasteiger partial charge in [0.1, 0.15) is 17.2 Å². The molecule has 2 aliphatic rings. The van der Waals surface area contributed by atoms with E-state index in [9.17, 15) is 14.4 Å². The Balaban J connectivity index is 2.07. The predicted molar refractivity (Wildman–Crippen MR) is 80.0 cm³/mol. The Morgan fingerprint density at radius 2 is 2.00 bits per heavy atom. The number of anilines is 1. The van der Waals surface area contributed by atoms with Gasteiger partial charge in [0, 0.05) is 0 Å². The molecule has 0 aromatic heterocycles. The van der Waals surface area contributed by atoms with Crippen LogP contribution in [-0.2, 0) is 19.1 Å². The first-order chi connectivity index (χ1) is 11.0. The van der Waals surface area contributed by atoms with Crippen molar-refractivity contribution in [1.82, 2.24) is 5.43 Å². The lowest BCUT2D eigenvalue weighted by atomic mass is 9.86. The minimum absolute atomic E-state index is 0.106. The molecule has 2 atom stereocenters. The molecule has 1 aromatic rings. The highest BCUT2D eigenvalue weighted by atomic mass is 16.5. The topological polar surface area (TPSA) is 97.3 Å². The van der Waals surface area contributed by atoms with Gasteiger partial charge >= 0.3 is 5.97 Å². The Bertz CT molecular complexity index is 744. The summed E-state index contributed by atoms with van der Waals surface area (Å²) in [5.74, 6) is -2.44. The summed E-state index contributed by atoms with van der Waals surface area (Å²) < 4.78 is 9.86. The van der Waals surface area contributed by atoms with Gasteiger partial charge in [-0.25, -0.2) is 9.69 Å². The number of carbonyl (C=O) groups is 3. The molecule has 3 rings (SSSR count). The molecule has 1 aromatic carbocycles. The number of nitrogens with zero attached hydrogens (tertiary/aromatic N) is 2. The van der Waals surface area contributed by atoms with Crippen molar-refractivity contribution in [2.24, 2.45) is 11.0 Å². The van der Waals surface area contributed by atoms with E-state index in [0.29, 0.717) is 11.4 Å². The summed E-state index contributed by atoms with van der Waals surface area (Å²) in [5.41, 5.74) is 1.51. The average Bonchev–Trinajstić information content (AvgIpc) is 3.01. The van der Waals surface area contributed by atoms with Crippen molar-refractivity contribution in [3.63, 3.8) is 0 Å². The van der Waals surface area contributed by atoms with Crippen LogP contribution in [0.3, 0.4) is 0 Å². The van der Waals surface area contributed by atoms with Gasteiger partial charge in [0.2, 0.25) is 5.91 Å². The number of amides is 2. The van der Waals surface area contributed by atoms with Crippen molar-refractivity contribution >= 4 is 29.2 Å². The summed E-state index contributed by atoms with van der Waals surface area (Å²) >= 11 is 0. The standard InChI is InChI=1S/C15H15N3O5/c1-15-10(11(16-17-15)13(20)23-3)12(19)18(14(15)21)8-6-4-5-7-9(8)22-2/h4-7,10,17H,1-3H3/t10-,15-/m1/s1. The van der Waals surface area contributed by atoms with E-state index in [4.69, 9.17) is 4.74 Å². The predicted octanol–water partition coefficient (Wildman–Crippen LogP) is 0.0755. The highest BCUT2D eigenvalue weighted by Crippen LogP contribution is 2.40. The molecule has 2 heterocycles. The largest absolute Gasteiger partial charge is 0.495 e. The first-order valence-corrected chi connectivity index (χ1v) is 6.90. The van der Waals surface area contributed by atoms with E-state index in [-0.39, 0.29) is 5.71 Å². The number of nitrogens with one attached hydrogen (secondary N) is 1. The molecule has 0 bridgehead atoms. The molecule has 1 N–H and O–H groups in total. The van der Waals surface area contributed by atoms with Crippen molar-refractivity contribution in [3.8, 4) is 5.75 Å². The number of ether oxygens (including phenoxy) is 2. The van der Waals surface area contributed by atoms with Crippen molar-refractivity contribution in [3.05, 3.63) is 24.3 Å². The minimum Gasteiger partial charge on any atom is -0.495 e. The third-order valence-electron chi connectivity index (χ3n) is 4.09. The van der Waals surface area contributed by atoms with Crippen LogP contribution in [0.25, 0.3) is 0 Å². The molecule has 1 saturated heterocycles.